The highest BCUT2D eigenvalue weighted by Crippen LogP contribution is 2.06. The number of carbonyl (C=O) groups excluding carboxylic acids is 1. The third kappa shape index (κ3) is 2.76. The smallest absolute Gasteiger partial charge is 0.331 e. The van der Waals surface area contributed by atoms with E-state index in [0.29, 0.717) is 13.2 Å². The molecule has 0 spiro atoms. The highest BCUT2D eigenvalue weighted by Gasteiger charge is 2.19. The Kier molecular flexibility index (Phi) is 3.84. The zero-order chi connectivity index (χ0) is 14.0. The van der Waals surface area contributed by atoms with Crippen LogP contribution in [0.4, 0.5) is 0 Å². The maximum atomic E-state index is 12.1. The van der Waals surface area contributed by atoms with Crippen LogP contribution in [-0.2, 0) is 18.8 Å². The molecule has 1 amide bonds. The van der Waals surface area contributed by atoms with Gasteiger partial charge in [0.1, 0.15) is 5.69 Å². The van der Waals surface area contributed by atoms with Crippen LogP contribution in [0.3, 0.4) is 0 Å². The summed E-state index contributed by atoms with van der Waals surface area (Å²) in [7, 11) is 2.85. The van der Waals surface area contributed by atoms with Crippen molar-refractivity contribution < 1.29 is 9.53 Å². The van der Waals surface area contributed by atoms with Crippen LogP contribution < -0.4 is 16.6 Å². The van der Waals surface area contributed by atoms with E-state index in [1.807, 2.05) is 0 Å². The van der Waals surface area contributed by atoms with Crippen molar-refractivity contribution in [3.8, 4) is 0 Å². The number of rotatable bonds is 2. The van der Waals surface area contributed by atoms with Crippen LogP contribution in [0.25, 0.3) is 0 Å². The van der Waals surface area contributed by atoms with Gasteiger partial charge in [-0.15, -0.1) is 0 Å². The van der Waals surface area contributed by atoms with E-state index in [2.05, 4.69) is 5.32 Å². The quantitative estimate of drug-likeness (QED) is 0.744. The lowest BCUT2D eigenvalue weighted by Gasteiger charge is -2.23. The molecular weight excluding hydrogens is 250 g/mol. The highest BCUT2D eigenvalue weighted by molar-refractivity contribution is 5.92. The number of nitrogens with zero attached hydrogens (tertiary/aromatic N) is 2. The van der Waals surface area contributed by atoms with Gasteiger partial charge >= 0.3 is 5.69 Å². The summed E-state index contributed by atoms with van der Waals surface area (Å²) in [5.74, 6) is -0.399. The molecule has 104 valence electrons. The number of ether oxygens (including phenoxy) is 1. The number of carbonyl (C=O) groups is 1. The third-order valence-electron chi connectivity index (χ3n) is 3.32. The number of amides is 1. The van der Waals surface area contributed by atoms with E-state index in [9.17, 15) is 14.4 Å². The Balaban J connectivity index is 2.24. The molecule has 1 aliphatic heterocycles. The van der Waals surface area contributed by atoms with Gasteiger partial charge in [-0.2, -0.15) is 0 Å². The molecule has 1 aromatic heterocycles. The molecule has 1 aliphatic rings. The molecule has 0 aliphatic carbocycles. The second-order valence-electron chi connectivity index (χ2n) is 4.63. The van der Waals surface area contributed by atoms with Crippen LogP contribution in [0, 0.1) is 0 Å². The van der Waals surface area contributed by atoms with Crippen molar-refractivity contribution in [1.82, 2.24) is 14.5 Å². The molecule has 7 nitrogen and oxygen atoms in total. The van der Waals surface area contributed by atoms with Crippen molar-refractivity contribution in [1.29, 1.82) is 0 Å². The van der Waals surface area contributed by atoms with Crippen molar-refractivity contribution in [2.24, 2.45) is 14.1 Å². The lowest BCUT2D eigenvalue weighted by Crippen LogP contribution is -2.44. The molecule has 0 radical (unpaired) electrons. The molecule has 0 atom stereocenters. The van der Waals surface area contributed by atoms with E-state index < -0.39 is 17.2 Å². The highest BCUT2D eigenvalue weighted by atomic mass is 16.5. The third-order valence-corrected chi connectivity index (χ3v) is 3.32. The summed E-state index contributed by atoms with van der Waals surface area (Å²) in [4.78, 5) is 35.4. The molecule has 2 heterocycles. The molecule has 1 N–H and O–H groups in total. The van der Waals surface area contributed by atoms with Gasteiger partial charge in [0.05, 0.1) is 0 Å². The molecule has 1 fully saturated rings. The Hall–Kier alpha value is -1.89. The van der Waals surface area contributed by atoms with Crippen LogP contribution in [0.5, 0.6) is 0 Å². The summed E-state index contributed by atoms with van der Waals surface area (Å²) in [6.45, 7) is 1.22. The molecular formula is C12H17N3O4. The summed E-state index contributed by atoms with van der Waals surface area (Å²) >= 11 is 0. The van der Waals surface area contributed by atoms with Gasteiger partial charge in [0, 0.05) is 39.4 Å². The Labute approximate surface area is 109 Å². The molecule has 0 bridgehead atoms. The molecule has 2 rings (SSSR count). The van der Waals surface area contributed by atoms with Crippen LogP contribution in [0.2, 0.25) is 0 Å². The van der Waals surface area contributed by atoms with Crippen molar-refractivity contribution >= 4 is 5.91 Å². The summed E-state index contributed by atoms with van der Waals surface area (Å²) in [5.41, 5.74) is -0.913. The van der Waals surface area contributed by atoms with E-state index in [-0.39, 0.29) is 11.7 Å². The first kappa shape index (κ1) is 13.5. The molecule has 0 unspecified atom stereocenters. The van der Waals surface area contributed by atoms with E-state index in [4.69, 9.17) is 4.74 Å². The summed E-state index contributed by atoms with van der Waals surface area (Å²) in [5, 5.41) is 2.82. The zero-order valence-electron chi connectivity index (χ0n) is 11.0. The lowest BCUT2D eigenvalue weighted by atomic mass is 10.1. The molecule has 7 heteroatoms. The van der Waals surface area contributed by atoms with Gasteiger partial charge in [-0.25, -0.2) is 4.79 Å². The summed E-state index contributed by atoms with van der Waals surface area (Å²) in [6, 6.07) is 1.20. The Morgan fingerprint density at radius 2 is 1.89 bits per heavy atom. The van der Waals surface area contributed by atoms with Gasteiger partial charge in [-0.1, -0.05) is 0 Å². The maximum absolute atomic E-state index is 12.1. The SMILES string of the molecule is Cn1c(C(=O)NC2CCOCC2)cc(=O)n(C)c1=O. The predicted molar refractivity (Wildman–Crippen MR) is 68.2 cm³/mol. The fourth-order valence-electron chi connectivity index (χ4n) is 2.05. The van der Waals surface area contributed by atoms with E-state index in [1.54, 1.807) is 0 Å². The first-order chi connectivity index (χ1) is 9.00. The first-order valence-electron chi connectivity index (χ1n) is 6.16. The van der Waals surface area contributed by atoms with Gasteiger partial charge in [-0.05, 0) is 12.8 Å². The molecule has 1 saturated heterocycles. The standard InChI is InChI=1S/C12H17N3O4/c1-14-9(7-10(16)15(2)12(14)18)11(17)13-8-3-5-19-6-4-8/h7-8H,3-6H2,1-2H3,(H,13,17). The zero-order valence-corrected chi connectivity index (χ0v) is 11.0. The van der Waals surface area contributed by atoms with Crippen LogP contribution in [-0.4, -0.2) is 34.3 Å². The minimum absolute atomic E-state index is 0.0282. The fraction of sp³-hybridized carbons (Fsp3) is 0.583. The van der Waals surface area contributed by atoms with Gasteiger partial charge < -0.3 is 10.1 Å². The van der Waals surface area contributed by atoms with Crippen molar-refractivity contribution in [2.45, 2.75) is 18.9 Å². The van der Waals surface area contributed by atoms with Gasteiger partial charge in [-0.3, -0.25) is 18.7 Å². The van der Waals surface area contributed by atoms with Gasteiger partial charge in [0.15, 0.2) is 0 Å². The Bertz CT molecular complexity index is 596. The average Bonchev–Trinajstić information content (AvgIpc) is 2.41. The lowest BCUT2D eigenvalue weighted by molar-refractivity contribution is 0.0692. The normalized spacial score (nSPS) is 16.3. The van der Waals surface area contributed by atoms with Crippen molar-refractivity contribution in [3.63, 3.8) is 0 Å². The summed E-state index contributed by atoms with van der Waals surface area (Å²) in [6.07, 6.45) is 1.48. The number of hydrogen-bond acceptors (Lipinski definition) is 4. The first-order valence-corrected chi connectivity index (χ1v) is 6.16. The molecule has 1 aromatic rings. The van der Waals surface area contributed by atoms with E-state index in [1.165, 1.54) is 24.7 Å². The van der Waals surface area contributed by atoms with Crippen LogP contribution >= 0.6 is 0 Å². The largest absolute Gasteiger partial charge is 0.381 e. The van der Waals surface area contributed by atoms with E-state index in [0.717, 1.165) is 17.4 Å². The van der Waals surface area contributed by atoms with Gasteiger partial charge in [0.25, 0.3) is 11.5 Å². The van der Waals surface area contributed by atoms with Crippen molar-refractivity contribution in [3.05, 3.63) is 32.6 Å². The predicted octanol–water partition coefficient (Wildman–Crippen LogP) is -1.01. The second kappa shape index (κ2) is 5.40. The van der Waals surface area contributed by atoms with Gasteiger partial charge in [0.2, 0.25) is 0 Å². The van der Waals surface area contributed by atoms with Crippen molar-refractivity contribution in [2.75, 3.05) is 13.2 Å². The molecule has 0 aromatic carbocycles. The topological polar surface area (TPSA) is 82.3 Å². The minimum Gasteiger partial charge on any atom is -0.381 e. The monoisotopic (exact) mass is 267 g/mol. The average molecular weight is 267 g/mol. The minimum atomic E-state index is -0.510. The fourth-order valence-corrected chi connectivity index (χ4v) is 2.05. The second-order valence-corrected chi connectivity index (χ2v) is 4.63. The number of nitrogens with one attached hydrogen (secondary N) is 1. The molecule has 19 heavy (non-hydrogen) atoms. The maximum Gasteiger partial charge on any atom is 0.331 e. The van der Waals surface area contributed by atoms with Crippen LogP contribution in [0.1, 0.15) is 23.3 Å². The number of hydrogen-bond donors (Lipinski definition) is 1. The van der Waals surface area contributed by atoms with E-state index >= 15 is 0 Å². The van der Waals surface area contributed by atoms with Crippen LogP contribution in [0.15, 0.2) is 15.7 Å². The Morgan fingerprint density at radius 3 is 2.53 bits per heavy atom. The summed E-state index contributed by atoms with van der Waals surface area (Å²) < 4.78 is 7.34. The Morgan fingerprint density at radius 1 is 1.26 bits per heavy atom. The number of aromatic nitrogens is 2. The molecule has 0 saturated carbocycles.